The van der Waals surface area contributed by atoms with E-state index in [2.05, 4.69) is 10.3 Å². The second kappa shape index (κ2) is 10.3. The van der Waals surface area contributed by atoms with Crippen LogP contribution < -0.4 is 14.8 Å². The maximum Gasteiger partial charge on any atom is 0.293 e. The van der Waals surface area contributed by atoms with Crippen molar-refractivity contribution >= 4 is 46.5 Å². The third kappa shape index (κ3) is 5.56. The molecule has 8 nitrogen and oxygen atoms in total. The highest BCUT2D eigenvalue weighted by Gasteiger charge is 2.34. The molecule has 162 valence electrons. The first kappa shape index (κ1) is 22.6. The largest absolute Gasteiger partial charge is 0.493 e. The number of pyridine rings is 1. The lowest BCUT2D eigenvalue weighted by molar-refractivity contribution is -0.122. The zero-order chi connectivity index (χ0) is 22.4. The number of rotatable bonds is 8. The van der Waals surface area contributed by atoms with Crippen molar-refractivity contribution in [3.63, 3.8) is 0 Å². The number of nitrogens with zero attached hydrogens (tertiary/aromatic N) is 2. The van der Waals surface area contributed by atoms with Crippen molar-refractivity contribution in [2.45, 2.75) is 6.92 Å². The van der Waals surface area contributed by atoms with Crippen LogP contribution in [0.15, 0.2) is 41.4 Å². The van der Waals surface area contributed by atoms with Gasteiger partial charge in [0.2, 0.25) is 0 Å². The number of amides is 3. The maximum atomic E-state index is 12.7. The molecule has 0 spiro atoms. The Kier molecular flexibility index (Phi) is 7.54. The molecular formula is C21H20ClN3O5S. The zero-order valence-corrected chi connectivity index (χ0v) is 18.5. The topological polar surface area (TPSA) is 97.8 Å². The first-order valence-electron chi connectivity index (χ1n) is 9.39. The summed E-state index contributed by atoms with van der Waals surface area (Å²) in [5.74, 6) is 0.356. The van der Waals surface area contributed by atoms with Gasteiger partial charge in [-0.15, -0.1) is 0 Å². The van der Waals surface area contributed by atoms with Crippen molar-refractivity contribution < 1.29 is 23.9 Å². The van der Waals surface area contributed by atoms with Gasteiger partial charge in [-0.2, -0.15) is 0 Å². The Labute approximate surface area is 188 Å². The van der Waals surface area contributed by atoms with Crippen LogP contribution in [0.2, 0.25) is 5.15 Å². The van der Waals surface area contributed by atoms with Gasteiger partial charge in [0, 0.05) is 19.3 Å². The smallest absolute Gasteiger partial charge is 0.293 e. The standard InChI is InChI=1S/C21H20ClN3O5S/c1-3-30-15-6-4-13(10-16(15)29-2)11-17-20(27)25(21(28)31-17)9-8-23-19(26)14-5-7-18(22)24-12-14/h4-7,10-12H,3,8-9H2,1-2H3,(H,23,26)/b17-11-. The Morgan fingerprint density at radius 3 is 2.74 bits per heavy atom. The molecule has 3 rings (SSSR count). The van der Waals surface area contributed by atoms with Crippen molar-refractivity contribution in [2.75, 3.05) is 26.8 Å². The lowest BCUT2D eigenvalue weighted by Gasteiger charge is -2.13. The van der Waals surface area contributed by atoms with Crippen LogP contribution in [-0.2, 0) is 4.79 Å². The first-order chi connectivity index (χ1) is 14.9. The number of carbonyl (C=O) groups is 3. The number of halogens is 1. The zero-order valence-electron chi connectivity index (χ0n) is 16.9. The molecule has 2 heterocycles. The Morgan fingerprint density at radius 1 is 1.26 bits per heavy atom. The highest BCUT2D eigenvalue weighted by Crippen LogP contribution is 2.34. The monoisotopic (exact) mass is 461 g/mol. The van der Waals surface area contributed by atoms with Crippen LogP contribution in [-0.4, -0.2) is 53.7 Å². The van der Waals surface area contributed by atoms with Gasteiger partial charge in [0.1, 0.15) is 5.15 Å². The van der Waals surface area contributed by atoms with E-state index in [0.29, 0.717) is 34.1 Å². The number of imide groups is 1. The molecule has 3 amide bonds. The molecule has 2 aromatic rings. The predicted octanol–water partition coefficient (Wildman–Crippen LogP) is 3.61. The van der Waals surface area contributed by atoms with Crippen molar-refractivity contribution in [3.05, 3.63) is 57.7 Å². The molecule has 1 N–H and O–H groups in total. The van der Waals surface area contributed by atoms with Gasteiger partial charge >= 0.3 is 0 Å². The molecule has 0 atom stereocenters. The summed E-state index contributed by atoms with van der Waals surface area (Å²) in [6, 6.07) is 8.31. The molecule has 0 unspecified atom stereocenters. The Hall–Kier alpha value is -3.04. The number of hydrogen-bond acceptors (Lipinski definition) is 7. The SMILES string of the molecule is CCOc1ccc(/C=C2\SC(=O)N(CCNC(=O)c3ccc(Cl)nc3)C2=O)cc1OC. The van der Waals surface area contributed by atoms with E-state index >= 15 is 0 Å². The molecule has 1 aliphatic heterocycles. The summed E-state index contributed by atoms with van der Waals surface area (Å²) in [5, 5.41) is 2.55. The molecule has 1 saturated heterocycles. The fraction of sp³-hybridized carbons (Fsp3) is 0.238. The van der Waals surface area contributed by atoms with E-state index in [1.54, 1.807) is 30.3 Å². The van der Waals surface area contributed by atoms with E-state index in [4.69, 9.17) is 21.1 Å². The number of thioether (sulfide) groups is 1. The molecule has 1 aromatic heterocycles. The van der Waals surface area contributed by atoms with Crippen LogP contribution in [0.25, 0.3) is 6.08 Å². The number of ether oxygens (including phenoxy) is 2. The summed E-state index contributed by atoms with van der Waals surface area (Å²) < 4.78 is 10.8. The number of carbonyl (C=O) groups excluding carboxylic acids is 3. The molecule has 0 radical (unpaired) electrons. The van der Waals surface area contributed by atoms with E-state index in [9.17, 15) is 14.4 Å². The summed E-state index contributed by atoms with van der Waals surface area (Å²) in [6.45, 7) is 2.54. The molecule has 31 heavy (non-hydrogen) atoms. The van der Waals surface area contributed by atoms with E-state index in [1.165, 1.54) is 19.4 Å². The third-order valence-corrected chi connectivity index (χ3v) is 5.40. The van der Waals surface area contributed by atoms with Crippen molar-refractivity contribution in [3.8, 4) is 11.5 Å². The van der Waals surface area contributed by atoms with Crippen LogP contribution in [0.5, 0.6) is 11.5 Å². The minimum absolute atomic E-state index is 0.0569. The molecule has 0 saturated carbocycles. The fourth-order valence-electron chi connectivity index (χ4n) is 2.79. The van der Waals surface area contributed by atoms with Crippen LogP contribution in [0, 0.1) is 0 Å². The average Bonchev–Trinajstić information content (AvgIpc) is 3.02. The predicted molar refractivity (Wildman–Crippen MR) is 118 cm³/mol. The van der Waals surface area contributed by atoms with Gasteiger partial charge in [0.05, 0.1) is 24.2 Å². The second-order valence-corrected chi connectivity index (χ2v) is 7.68. The van der Waals surface area contributed by atoms with Crippen LogP contribution in [0.3, 0.4) is 0 Å². The van der Waals surface area contributed by atoms with Crippen molar-refractivity contribution in [1.29, 1.82) is 0 Å². The van der Waals surface area contributed by atoms with E-state index in [0.717, 1.165) is 16.7 Å². The quantitative estimate of drug-likeness (QED) is 0.473. The molecule has 0 bridgehead atoms. The van der Waals surface area contributed by atoms with Gasteiger partial charge in [-0.05, 0) is 54.6 Å². The summed E-state index contributed by atoms with van der Waals surface area (Å²) in [6.07, 6.45) is 2.98. The molecule has 10 heteroatoms. The van der Waals surface area contributed by atoms with Gasteiger partial charge in [-0.3, -0.25) is 19.3 Å². The molecule has 1 aliphatic rings. The number of benzene rings is 1. The Balaban J connectivity index is 1.62. The Morgan fingerprint density at radius 2 is 2.06 bits per heavy atom. The molecule has 1 fully saturated rings. The fourth-order valence-corrected chi connectivity index (χ4v) is 3.76. The summed E-state index contributed by atoms with van der Waals surface area (Å²) in [5.41, 5.74) is 1.04. The average molecular weight is 462 g/mol. The highest BCUT2D eigenvalue weighted by atomic mass is 35.5. The van der Waals surface area contributed by atoms with Gasteiger partial charge in [-0.1, -0.05) is 17.7 Å². The van der Waals surface area contributed by atoms with Crippen LogP contribution >= 0.6 is 23.4 Å². The third-order valence-electron chi connectivity index (χ3n) is 4.27. The molecule has 0 aliphatic carbocycles. The van der Waals surface area contributed by atoms with Crippen LogP contribution in [0.4, 0.5) is 4.79 Å². The maximum absolute atomic E-state index is 12.7. The molecule has 1 aromatic carbocycles. The lowest BCUT2D eigenvalue weighted by Crippen LogP contribution is -2.37. The molecular weight excluding hydrogens is 442 g/mol. The van der Waals surface area contributed by atoms with Gasteiger partial charge < -0.3 is 14.8 Å². The Bertz CT molecular complexity index is 1030. The number of nitrogens with one attached hydrogen (secondary N) is 1. The summed E-state index contributed by atoms with van der Waals surface area (Å²) in [7, 11) is 1.53. The normalized spacial score (nSPS) is 14.8. The van der Waals surface area contributed by atoms with Crippen LogP contribution in [0.1, 0.15) is 22.8 Å². The summed E-state index contributed by atoms with van der Waals surface area (Å²) >= 11 is 6.55. The van der Waals surface area contributed by atoms with E-state index in [-0.39, 0.29) is 24.1 Å². The van der Waals surface area contributed by atoms with Gasteiger partial charge in [0.15, 0.2) is 11.5 Å². The van der Waals surface area contributed by atoms with Gasteiger partial charge in [0.25, 0.3) is 17.1 Å². The van der Waals surface area contributed by atoms with E-state index in [1.807, 2.05) is 6.92 Å². The van der Waals surface area contributed by atoms with E-state index < -0.39 is 11.1 Å². The second-order valence-electron chi connectivity index (χ2n) is 6.30. The van der Waals surface area contributed by atoms with Gasteiger partial charge in [-0.25, -0.2) is 4.98 Å². The summed E-state index contributed by atoms with van der Waals surface area (Å²) in [4.78, 5) is 42.3. The minimum atomic E-state index is -0.412. The van der Waals surface area contributed by atoms with Crippen molar-refractivity contribution in [2.24, 2.45) is 0 Å². The minimum Gasteiger partial charge on any atom is -0.493 e. The van der Waals surface area contributed by atoms with Crippen molar-refractivity contribution in [1.82, 2.24) is 15.2 Å². The number of hydrogen-bond donors (Lipinski definition) is 1. The number of methoxy groups -OCH3 is 1. The highest BCUT2D eigenvalue weighted by molar-refractivity contribution is 8.18. The first-order valence-corrected chi connectivity index (χ1v) is 10.6. The lowest BCUT2D eigenvalue weighted by atomic mass is 10.2. The number of aromatic nitrogens is 1.